The number of esters is 3. The molecule has 0 amide bonds. The third kappa shape index (κ3) is 73.4. The van der Waals surface area contributed by atoms with Crippen LogP contribution in [-0.4, -0.2) is 67.0 Å². The van der Waals surface area contributed by atoms with E-state index in [0.717, 1.165) is 41.9 Å². The second-order valence-electron chi connectivity index (χ2n) is 20.0. The van der Waals surface area contributed by atoms with Crippen LogP contribution < -0.4 is 0 Å². The molecule has 0 spiro atoms. The van der Waals surface area contributed by atoms with Gasteiger partial charge in [0.15, 0.2) is 0 Å². The van der Waals surface area contributed by atoms with Gasteiger partial charge in [-0.2, -0.15) is 36.2 Å². The highest BCUT2D eigenvalue weighted by Crippen LogP contribution is 2.26. The lowest BCUT2D eigenvalue weighted by molar-refractivity contribution is -0.141. The van der Waals surface area contributed by atoms with E-state index in [1.165, 1.54) is 270 Å². The molecule has 0 bridgehead atoms. The van der Waals surface area contributed by atoms with Crippen molar-refractivity contribution in [2.75, 3.05) is 38.6 Å². The van der Waals surface area contributed by atoms with Crippen molar-refractivity contribution >= 4 is 54.1 Å². The number of hydrogen-bond acceptors (Lipinski definition) is 9. The second-order valence-corrected chi connectivity index (χ2v) is 23.8. The van der Waals surface area contributed by atoms with Gasteiger partial charge in [0, 0.05) is 29.8 Å². The Labute approximate surface area is 465 Å². The predicted molar refractivity (Wildman–Crippen MR) is 329 cm³/mol. The van der Waals surface area contributed by atoms with Crippen LogP contribution in [0.3, 0.4) is 0 Å². The number of thioether (sulfide) groups is 2. The summed E-state index contributed by atoms with van der Waals surface area (Å²) in [6.07, 6.45) is 60.7. The van der Waals surface area contributed by atoms with Crippen molar-refractivity contribution in [1.82, 2.24) is 0 Å². The van der Waals surface area contributed by atoms with Crippen molar-refractivity contribution in [2.24, 2.45) is 0 Å². The zero-order valence-electron chi connectivity index (χ0n) is 49.8. The Balaban J connectivity index is -0.000000469. The normalized spacial score (nSPS) is 11.7. The molecule has 0 rings (SSSR count). The standard InChI is InChI=1S/2C21H42O2S.C19H36O2.C2H6S/c1-4-6-7-8-11-14-17-20(24-5-2)18-15-12-9-10-13-16-19-21(22)23-3;1-4-6-7-8-9-11-14-17-20(24-5-2)18-15-12-10-13-16-19-21(22)23-3;1-3-4-5-6-7-8-9-10-11-12-13-14-15-16-17-18-19(20)21-2;1-2-3/h2*20H,4-19H2,1-3H3;10-11H,3-9,12-18H2,1-2H3;3H,2H2,1H3/b;;11-10-;. The van der Waals surface area contributed by atoms with E-state index in [4.69, 9.17) is 0 Å². The van der Waals surface area contributed by atoms with E-state index in [2.05, 4.69) is 97.1 Å². The molecule has 0 aliphatic rings. The summed E-state index contributed by atoms with van der Waals surface area (Å²) in [6, 6.07) is 0. The zero-order chi connectivity index (χ0) is 54.1. The van der Waals surface area contributed by atoms with Crippen LogP contribution in [0.1, 0.15) is 324 Å². The fourth-order valence-electron chi connectivity index (χ4n) is 8.74. The molecule has 0 fully saturated rings. The number of hydrogen-bond donors (Lipinski definition) is 1. The van der Waals surface area contributed by atoms with Crippen LogP contribution >= 0.6 is 36.2 Å². The molecule has 0 N–H and O–H groups in total. The summed E-state index contributed by atoms with van der Waals surface area (Å²) >= 11 is 8.12. The maximum Gasteiger partial charge on any atom is 0.305 e. The Bertz CT molecular complexity index is 1060. The lowest BCUT2D eigenvalue weighted by Crippen LogP contribution is -2.03. The van der Waals surface area contributed by atoms with Crippen molar-refractivity contribution in [3.63, 3.8) is 0 Å². The van der Waals surface area contributed by atoms with Gasteiger partial charge in [-0.3, -0.25) is 14.4 Å². The van der Waals surface area contributed by atoms with Gasteiger partial charge in [-0.25, -0.2) is 0 Å². The number of allylic oxidation sites excluding steroid dienone is 2. The number of thiol groups is 1. The average Bonchev–Trinajstić information content (AvgIpc) is 3.38. The summed E-state index contributed by atoms with van der Waals surface area (Å²) in [5, 5.41) is 1.77. The summed E-state index contributed by atoms with van der Waals surface area (Å²) < 4.78 is 14.0. The van der Waals surface area contributed by atoms with Gasteiger partial charge < -0.3 is 14.2 Å². The van der Waals surface area contributed by atoms with Gasteiger partial charge in [0.25, 0.3) is 0 Å². The van der Waals surface area contributed by atoms with Crippen molar-refractivity contribution in [1.29, 1.82) is 0 Å². The number of ether oxygens (including phenoxy) is 3. The summed E-state index contributed by atoms with van der Waals surface area (Å²) in [5.41, 5.74) is 0. The zero-order valence-corrected chi connectivity index (χ0v) is 52.3. The third-order valence-electron chi connectivity index (χ3n) is 13.2. The Morgan fingerprint density at radius 3 is 0.778 bits per heavy atom. The number of carbonyl (C=O) groups is 3. The highest BCUT2D eigenvalue weighted by Gasteiger charge is 2.10. The van der Waals surface area contributed by atoms with Crippen LogP contribution in [0.4, 0.5) is 0 Å². The van der Waals surface area contributed by atoms with Crippen LogP contribution in [0.2, 0.25) is 0 Å². The summed E-state index contributed by atoms with van der Waals surface area (Å²) in [6.45, 7) is 13.4. The number of unbranched alkanes of at least 4 members (excludes halogenated alkanes) is 31. The van der Waals surface area contributed by atoms with E-state index in [-0.39, 0.29) is 17.9 Å². The fourth-order valence-corrected chi connectivity index (χ4v) is 11.0. The number of methoxy groups -OCH3 is 3. The van der Waals surface area contributed by atoms with E-state index in [0.29, 0.717) is 19.3 Å². The van der Waals surface area contributed by atoms with Crippen molar-refractivity contribution in [3.8, 4) is 0 Å². The van der Waals surface area contributed by atoms with E-state index >= 15 is 0 Å². The SMILES string of the molecule is CCCCCCCC/C=C\CCCCCCCC(=O)OC.CCCCCCCCC(CCCCCCCCC(=O)OC)SCC.CCCCCCCCCC(CCCCCCCC(=O)OC)SCC.CCS. The minimum Gasteiger partial charge on any atom is -0.469 e. The van der Waals surface area contributed by atoms with E-state index in [9.17, 15) is 14.4 Å². The first-order valence-electron chi connectivity index (χ1n) is 30.9. The fraction of sp³-hybridized carbons (Fsp3) is 0.921. The molecule has 0 aromatic carbocycles. The smallest absolute Gasteiger partial charge is 0.305 e. The molecule has 6 nitrogen and oxygen atoms in total. The van der Waals surface area contributed by atoms with Gasteiger partial charge in [-0.1, -0.05) is 246 Å². The van der Waals surface area contributed by atoms with Gasteiger partial charge in [-0.05, 0) is 87.9 Å². The van der Waals surface area contributed by atoms with Crippen molar-refractivity contribution in [2.45, 2.75) is 335 Å². The Hall–Kier alpha value is -0.800. The maximum atomic E-state index is 11.0. The Morgan fingerprint density at radius 1 is 0.347 bits per heavy atom. The average molecular weight is 1080 g/mol. The molecule has 72 heavy (non-hydrogen) atoms. The first-order valence-corrected chi connectivity index (χ1v) is 33.6. The molecule has 9 heteroatoms. The first-order chi connectivity index (χ1) is 35.2. The van der Waals surface area contributed by atoms with Crippen LogP contribution in [0, 0.1) is 0 Å². The molecular formula is C63H126O6S3. The molecule has 0 saturated carbocycles. The molecule has 0 aliphatic carbocycles. The molecule has 2 atom stereocenters. The monoisotopic (exact) mass is 1070 g/mol. The molecule has 2 unspecified atom stereocenters. The molecule has 0 radical (unpaired) electrons. The molecule has 0 aliphatic heterocycles. The highest BCUT2D eigenvalue weighted by molar-refractivity contribution is 8.00. The van der Waals surface area contributed by atoms with Gasteiger partial charge in [-0.15, -0.1) is 0 Å². The van der Waals surface area contributed by atoms with E-state index < -0.39 is 0 Å². The van der Waals surface area contributed by atoms with Gasteiger partial charge >= 0.3 is 17.9 Å². The third-order valence-corrected chi connectivity index (χ3v) is 15.8. The predicted octanol–water partition coefficient (Wildman–Crippen LogP) is 21.4. The largest absolute Gasteiger partial charge is 0.469 e. The minimum atomic E-state index is -0.0763. The van der Waals surface area contributed by atoms with E-state index in [1.807, 2.05) is 6.92 Å². The molecule has 0 aromatic heterocycles. The first kappa shape index (κ1) is 77.7. The summed E-state index contributed by atoms with van der Waals surface area (Å²) in [4.78, 5) is 33.0. The van der Waals surface area contributed by atoms with Crippen LogP contribution in [0.15, 0.2) is 12.2 Å². The van der Waals surface area contributed by atoms with Crippen molar-refractivity contribution < 1.29 is 28.6 Å². The van der Waals surface area contributed by atoms with Crippen LogP contribution in [0.25, 0.3) is 0 Å². The maximum absolute atomic E-state index is 11.0. The second kappa shape index (κ2) is 72.3. The number of carbonyl (C=O) groups excluding carboxylic acids is 3. The Kier molecular flexibility index (Phi) is 78.0. The van der Waals surface area contributed by atoms with Gasteiger partial charge in [0.05, 0.1) is 21.3 Å². The molecule has 0 heterocycles. The number of rotatable bonds is 51. The van der Waals surface area contributed by atoms with Gasteiger partial charge in [0.1, 0.15) is 0 Å². The van der Waals surface area contributed by atoms with Crippen LogP contribution in [-0.2, 0) is 28.6 Å². The van der Waals surface area contributed by atoms with E-state index in [1.54, 1.807) is 0 Å². The van der Waals surface area contributed by atoms with Crippen LogP contribution in [0.5, 0.6) is 0 Å². The summed E-state index contributed by atoms with van der Waals surface area (Å²) in [7, 11) is 4.40. The molecule has 0 saturated heterocycles. The lowest BCUT2D eigenvalue weighted by Gasteiger charge is -2.15. The topological polar surface area (TPSA) is 78.9 Å². The van der Waals surface area contributed by atoms with Crippen molar-refractivity contribution in [3.05, 3.63) is 12.2 Å². The minimum absolute atomic E-state index is 0.0656. The molecular weight excluding hydrogens is 949 g/mol. The van der Waals surface area contributed by atoms with Gasteiger partial charge in [0.2, 0.25) is 0 Å². The Morgan fingerprint density at radius 2 is 0.556 bits per heavy atom. The lowest BCUT2D eigenvalue weighted by atomic mass is 10.0. The molecule has 0 aromatic rings. The quantitative estimate of drug-likeness (QED) is 0.0212. The molecule has 432 valence electrons. The summed E-state index contributed by atoms with van der Waals surface area (Å²) in [5.74, 6) is 3.25. The highest BCUT2D eigenvalue weighted by atomic mass is 32.2.